The van der Waals surface area contributed by atoms with E-state index in [9.17, 15) is 14.4 Å². The molecule has 0 radical (unpaired) electrons. The summed E-state index contributed by atoms with van der Waals surface area (Å²) in [6, 6.07) is 14.5. The number of carbonyl (C=O) groups is 3. The van der Waals surface area contributed by atoms with Crippen LogP contribution >= 0.6 is 35.0 Å². The number of nitrogens with zero attached hydrogens (tertiary/aromatic N) is 1. The Balaban J connectivity index is 1.55. The number of rotatable bonds is 5. The number of halogens is 2. The molecule has 1 aliphatic rings. The van der Waals surface area contributed by atoms with E-state index in [1.807, 2.05) is 0 Å². The second-order valence-corrected chi connectivity index (χ2v) is 8.43. The van der Waals surface area contributed by atoms with Crippen LogP contribution in [-0.4, -0.2) is 27.1 Å². The lowest BCUT2D eigenvalue weighted by Crippen LogP contribution is -2.27. The fourth-order valence-electron chi connectivity index (χ4n) is 2.98. The molecule has 0 aliphatic carbocycles. The number of hydrogen-bond donors (Lipinski definition) is 1. The van der Waals surface area contributed by atoms with Gasteiger partial charge in [-0.1, -0.05) is 41.4 Å². The summed E-state index contributed by atoms with van der Waals surface area (Å²) in [5.74, 6) is -0.679. The molecule has 2 heterocycles. The van der Waals surface area contributed by atoms with Gasteiger partial charge in [0.2, 0.25) is 0 Å². The first-order chi connectivity index (χ1) is 14.8. The number of carboxylic acid groups (broad SMARTS) is 1. The first-order valence-corrected chi connectivity index (χ1v) is 10.5. The van der Waals surface area contributed by atoms with Gasteiger partial charge in [-0.25, -0.2) is 4.79 Å². The van der Waals surface area contributed by atoms with Crippen molar-refractivity contribution in [2.24, 2.45) is 0 Å². The van der Waals surface area contributed by atoms with E-state index < -0.39 is 17.1 Å². The maximum atomic E-state index is 12.7. The summed E-state index contributed by atoms with van der Waals surface area (Å²) < 4.78 is 5.74. The Morgan fingerprint density at radius 1 is 1.10 bits per heavy atom. The van der Waals surface area contributed by atoms with Crippen molar-refractivity contribution >= 4 is 58.2 Å². The molecule has 0 bridgehead atoms. The van der Waals surface area contributed by atoms with E-state index in [-0.39, 0.29) is 17.0 Å². The Kier molecular flexibility index (Phi) is 5.91. The molecule has 0 atom stereocenters. The van der Waals surface area contributed by atoms with Gasteiger partial charge in [-0.2, -0.15) is 0 Å². The number of imide groups is 1. The van der Waals surface area contributed by atoms with E-state index in [1.165, 1.54) is 18.2 Å². The molecule has 0 saturated carbocycles. The van der Waals surface area contributed by atoms with Crippen LogP contribution in [0.25, 0.3) is 17.4 Å². The Morgan fingerprint density at radius 3 is 2.65 bits per heavy atom. The number of thioether (sulfide) groups is 1. The minimum atomic E-state index is -1.04. The standard InChI is InChI=1S/C22H13Cl2NO5S/c23-15-5-4-14(17(24)9-15)11-25-20(26)19(31-22(25)29)10-16-6-7-18(30-16)12-2-1-3-13(8-12)21(27)28/h1-10H,11H2,(H,27,28)/b19-10-. The molecular weight excluding hydrogens is 461 g/mol. The summed E-state index contributed by atoms with van der Waals surface area (Å²) in [4.78, 5) is 37.6. The first kappa shape index (κ1) is 21.2. The minimum Gasteiger partial charge on any atom is -0.478 e. The van der Waals surface area contributed by atoms with Gasteiger partial charge in [0.05, 0.1) is 17.0 Å². The quantitative estimate of drug-likeness (QED) is 0.444. The smallest absolute Gasteiger partial charge is 0.335 e. The molecule has 3 aromatic rings. The van der Waals surface area contributed by atoms with E-state index in [0.29, 0.717) is 32.7 Å². The topological polar surface area (TPSA) is 87.8 Å². The Bertz CT molecular complexity index is 1250. The molecule has 1 aliphatic heterocycles. The van der Waals surface area contributed by atoms with Gasteiger partial charge in [-0.3, -0.25) is 14.5 Å². The molecule has 2 aromatic carbocycles. The van der Waals surface area contributed by atoms with E-state index in [0.717, 1.165) is 16.7 Å². The fourth-order valence-corrected chi connectivity index (χ4v) is 4.26. The number of carboxylic acids is 1. The van der Waals surface area contributed by atoms with Crippen LogP contribution in [0.1, 0.15) is 21.7 Å². The van der Waals surface area contributed by atoms with Crippen LogP contribution in [-0.2, 0) is 11.3 Å². The van der Waals surface area contributed by atoms with Gasteiger partial charge in [0.1, 0.15) is 11.5 Å². The van der Waals surface area contributed by atoms with E-state index in [2.05, 4.69) is 0 Å². The average Bonchev–Trinajstić information content (AvgIpc) is 3.30. The Hall–Kier alpha value is -3.00. The van der Waals surface area contributed by atoms with Gasteiger partial charge >= 0.3 is 5.97 Å². The van der Waals surface area contributed by atoms with Crippen LogP contribution in [0.5, 0.6) is 0 Å². The SMILES string of the molecule is O=C(O)c1cccc(-c2ccc(/C=C3\SC(=O)N(Cc4ccc(Cl)cc4Cl)C3=O)o2)c1. The van der Waals surface area contributed by atoms with Crippen LogP contribution in [0.4, 0.5) is 4.79 Å². The lowest BCUT2D eigenvalue weighted by molar-refractivity contribution is -0.123. The molecule has 1 fully saturated rings. The lowest BCUT2D eigenvalue weighted by atomic mass is 10.1. The number of hydrogen-bond acceptors (Lipinski definition) is 5. The van der Waals surface area contributed by atoms with Crippen molar-refractivity contribution in [1.82, 2.24) is 4.90 Å². The van der Waals surface area contributed by atoms with Crippen molar-refractivity contribution in [2.45, 2.75) is 6.54 Å². The van der Waals surface area contributed by atoms with Crippen molar-refractivity contribution < 1.29 is 23.9 Å². The van der Waals surface area contributed by atoms with Gasteiger partial charge in [-0.15, -0.1) is 0 Å². The van der Waals surface area contributed by atoms with Crippen LogP contribution in [0, 0.1) is 0 Å². The molecule has 156 valence electrons. The molecule has 1 aromatic heterocycles. The van der Waals surface area contributed by atoms with Gasteiger partial charge < -0.3 is 9.52 Å². The van der Waals surface area contributed by atoms with Crippen LogP contribution in [0.2, 0.25) is 10.0 Å². The zero-order valence-corrected chi connectivity index (χ0v) is 18.0. The van der Waals surface area contributed by atoms with Gasteiger partial charge in [0.15, 0.2) is 0 Å². The fraction of sp³-hybridized carbons (Fsp3) is 0.0455. The largest absolute Gasteiger partial charge is 0.478 e. The Labute approximate surface area is 191 Å². The summed E-state index contributed by atoms with van der Waals surface area (Å²) in [5, 5.41) is 9.55. The normalized spacial score (nSPS) is 15.2. The third-order valence-corrected chi connectivity index (χ3v) is 6.01. The van der Waals surface area contributed by atoms with Gasteiger partial charge in [0.25, 0.3) is 11.1 Å². The molecule has 2 amide bonds. The van der Waals surface area contributed by atoms with Gasteiger partial charge in [0, 0.05) is 21.7 Å². The van der Waals surface area contributed by atoms with E-state index >= 15 is 0 Å². The maximum Gasteiger partial charge on any atom is 0.335 e. The number of furan rings is 1. The second kappa shape index (κ2) is 8.63. The average molecular weight is 474 g/mol. The Morgan fingerprint density at radius 2 is 1.90 bits per heavy atom. The van der Waals surface area contributed by atoms with Crippen molar-refractivity contribution in [1.29, 1.82) is 0 Å². The third kappa shape index (κ3) is 4.54. The monoisotopic (exact) mass is 473 g/mol. The molecule has 6 nitrogen and oxygen atoms in total. The third-order valence-electron chi connectivity index (χ3n) is 4.51. The summed E-state index contributed by atoms with van der Waals surface area (Å²) in [5.41, 5.74) is 1.33. The highest BCUT2D eigenvalue weighted by Gasteiger charge is 2.35. The van der Waals surface area contributed by atoms with Crippen LogP contribution in [0.15, 0.2) is 63.9 Å². The predicted molar refractivity (Wildman–Crippen MR) is 119 cm³/mol. The van der Waals surface area contributed by atoms with Crippen molar-refractivity contribution in [3.63, 3.8) is 0 Å². The predicted octanol–water partition coefficient (Wildman–Crippen LogP) is 6.19. The number of carbonyl (C=O) groups excluding carboxylic acids is 2. The highest BCUT2D eigenvalue weighted by molar-refractivity contribution is 8.18. The van der Waals surface area contributed by atoms with E-state index in [4.69, 9.17) is 32.7 Å². The van der Waals surface area contributed by atoms with Crippen molar-refractivity contribution in [3.8, 4) is 11.3 Å². The van der Waals surface area contributed by atoms with E-state index in [1.54, 1.807) is 42.5 Å². The highest BCUT2D eigenvalue weighted by Crippen LogP contribution is 2.35. The molecule has 1 saturated heterocycles. The zero-order chi connectivity index (χ0) is 22.1. The summed E-state index contributed by atoms with van der Waals surface area (Å²) in [6.07, 6.45) is 1.49. The summed E-state index contributed by atoms with van der Waals surface area (Å²) in [7, 11) is 0. The molecule has 1 N–H and O–H groups in total. The molecule has 9 heteroatoms. The summed E-state index contributed by atoms with van der Waals surface area (Å²) in [6.45, 7) is 0.0311. The number of amides is 2. The number of benzene rings is 2. The van der Waals surface area contributed by atoms with Crippen LogP contribution < -0.4 is 0 Å². The molecular formula is C22H13Cl2NO5S. The molecule has 0 unspecified atom stereocenters. The zero-order valence-electron chi connectivity index (χ0n) is 15.7. The first-order valence-electron chi connectivity index (χ1n) is 8.94. The lowest BCUT2D eigenvalue weighted by Gasteiger charge is -2.13. The highest BCUT2D eigenvalue weighted by atomic mass is 35.5. The minimum absolute atomic E-state index is 0.0311. The summed E-state index contributed by atoms with van der Waals surface area (Å²) >= 11 is 12.9. The number of aromatic carboxylic acids is 1. The van der Waals surface area contributed by atoms with Crippen LogP contribution in [0.3, 0.4) is 0 Å². The second-order valence-electron chi connectivity index (χ2n) is 6.59. The molecule has 4 rings (SSSR count). The van der Waals surface area contributed by atoms with Crippen molar-refractivity contribution in [2.75, 3.05) is 0 Å². The molecule has 31 heavy (non-hydrogen) atoms. The van der Waals surface area contributed by atoms with Crippen molar-refractivity contribution in [3.05, 3.63) is 86.4 Å². The van der Waals surface area contributed by atoms with Gasteiger partial charge in [-0.05, 0) is 53.7 Å². The maximum absolute atomic E-state index is 12.7. The molecule has 0 spiro atoms.